The van der Waals surface area contributed by atoms with Crippen molar-refractivity contribution in [3.8, 4) is 0 Å². The molecule has 1 atom stereocenters. The van der Waals surface area contributed by atoms with E-state index in [0.717, 1.165) is 31.5 Å². The quantitative estimate of drug-likeness (QED) is 0.932. The van der Waals surface area contributed by atoms with Crippen LogP contribution in [0.3, 0.4) is 0 Å². The largest absolute Gasteiger partial charge is 0.383 e. The molecule has 1 aliphatic heterocycles. The highest BCUT2D eigenvalue weighted by Gasteiger charge is 2.26. The zero-order valence-electron chi connectivity index (χ0n) is 11.3. The number of halogens is 1. The van der Waals surface area contributed by atoms with E-state index in [1.165, 1.54) is 17.7 Å². The Labute approximate surface area is 118 Å². The lowest BCUT2D eigenvalue weighted by Crippen LogP contribution is -2.23. The smallest absolute Gasteiger partial charge is 0.127 e. The molecule has 1 fully saturated rings. The van der Waals surface area contributed by atoms with Crippen molar-refractivity contribution >= 4 is 5.82 Å². The molecule has 0 bridgehead atoms. The third-order valence-electron chi connectivity index (χ3n) is 3.92. The first kappa shape index (κ1) is 13.1. The van der Waals surface area contributed by atoms with Crippen molar-refractivity contribution in [3.63, 3.8) is 0 Å². The Morgan fingerprint density at radius 1 is 1.25 bits per heavy atom. The molecule has 1 aliphatic rings. The lowest BCUT2D eigenvalue weighted by molar-refractivity contribution is 0.248. The minimum atomic E-state index is -0.185. The molecule has 4 heteroatoms. The van der Waals surface area contributed by atoms with E-state index in [9.17, 15) is 4.39 Å². The van der Waals surface area contributed by atoms with Gasteiger partial charge in [0, 0.05) is 24.3 Å². The van der Waals surface area contributed by atoms with Crippen LogP contribution in [0.5, 0.6) is 0 Å². The van der Waals surface area contributed by atoms with Crippen molar-refractivity contribution in [1.82, 2.24) is 9.88 Å². The van der Waals surface area contributed by atoms with Crippen molar-refractivity contribution in [3.05, 3.63) is 59.5 Å². The van der Waals surface area contributed by atoms with Crippen LogP contribution in [0, 0.1) is 5.82 Å². The van der Waals surface area contributed by atoms with E-state index < -0.39 is 0 Å². The van der Waals surface area contributed by atoms with Gasteiger partial charge in [-0.05, 0) is 43.1 Å². The summed E-state index contributed by atoms with van der Waals surface area (Å²) in [5.74, 6) is 0.409. The summed E-state index contributed by atoms with van der Waals surface area (Å²) in [6.07, 6.45) is 3.97. The van der Waals surface area contributed by atoms with Crippen LogP contribution in [-0.2, 0) is 6.54 Å². The van der Waals surface area contributed by atoms with E-state index in [1.54, 1.807) is 6.20 Å². The number of nitrogens with two attached hydrogens (primary N) is 1. The van der Waals surface area contributed by atoms with Crippen LogP contribution in [0.25, 0.3) is 0 Å². The number of rotatable bonds is 3. The number of aromatic nitrogens is 1. The molecule has 3 rings (SSSR count). The third-order valence-corrected chi connectivity index (χ3v) is 3.92. The van der Waals surface area contributed by atoms with Crippen molar-refractivity contribution in [2.24, 2.45) is 0 Å². The summed E-state index contributed by atoms with van der Waals surface area (Å²) in [5.41, 5.74) is 8.14. The average molecular weight is 271 g/mol. The number of nitrogen functional groups attached to an aromatic ring is 1. The molecule has 2 aromatic rings. The van der Waals surface area contributed by atoms with Gasteiger partial charge < -0.3 is 5.73 Å². The first-order chi connectivity index (χ1) is 9.74. The van der Waals surface area contributed by atoms with Gasteiger partial charge in [0.25, 0.3) is 0 Å². The number of anilines is 1. The summed E-state index contributed by atoms with van der Waals surface area (Å²) >= 11 is 0. The highest BCUT2D eigenvalue weighted by atomic mass is 19.1. The van der Waals surface area contributed by atoms with Crippen LogP contribution in [0.15, 0.2) is 42.6 Å². The van der Waals surface area contributed by atoms with Gasteiger partial charge in [-0.25, -0.2) is 9.37 Å². The maximum Gasteiger partial charge on any atom is 0.127 e. The van der Waals surface area contributed by atoms with Crippen LogP contribution in [0.4, 0.5) is 10.2 Å². The molecule has 104 valence electrons. The maximum atomic E-state index is 13.0. The van der Waals surface area contributed by atoms with Gasteiger partial charge in [-0.15, -0.1) is 0 Å². The zero-order chi connectivity index (χ0) is 13.9. The summed E-state index contributed by atoms with van der Waals surface area (Å²) in [4.78, 5) is 6.52. The molecule has 2 N–H and O–H groups in total. The first-order valence-corrected chi connectivity index (χ1v) is 6.93. The summed E-state index contributed by atoms with van der Waals surface area (Å²) in [6.45, 7) is 1.83. The summed E-state index contributed by atoms with van der Waals surface area (Å²) in [6, 6.07) is 11.1. The van der Waals surface area contributed by atoms with E-state index in [2.05, 4.69) is 9.88 Å². The van der Waals surface area contributed by atoms with Gasteiger partial charge in [0.2, 0.25) is 0 Å². The minimum absolute atomic E-state index is 0.185. The number of hydrogen-bond acceptors (Lipinski definition) is 3. The second-order valence-electron chi connectivity index (χ2n) is 5.23. The fraction of sp³-hybridized carbons (Fsp3) is 0.312. The Bertz CT molecular complexity index is 583. The molecule has 1 aromatic heterocycles. The fourth-order valence-electron chi connectivity index (χ4n) is 2.88. The molecule has 0 amide bonds. The van der Waals surface area contributed by atoms with Crippen LogP contribution < -0.4 is 5.73 Å². The van der Waals surface area contributed by atoms with Crippen molar-refractivity contribution in [2.45, 2.75) is 25.4 Å². The topological polar surface area (TPSA) is 42.1 Å². The predicted octanol–water partition coefficient (Wildman–Crippen LogP) is 3.14. The van der Waals surface area contributed by atoms with Gasteiger partial charge in [0.15, 0.2) is 0 Å². The van der Waals surface area contributed by atoms with Gasteiger partial charge in [0.1, 0.15) is 11.6 Å². The third kappa shape index (κ3) is 2.65. The van der Waals surface area contributed by atoms with Crippen LogP contribution in [0.2, 0.25) is 0 Å². The van der Waals surface area contributed by atoms with E-state index in [1.807, 2.05) is 24.3 Å². The summed E-state index contributed by atoms with van der Waals surface area (Å²) < 4.78 is 13.0. The Kier molecular flexibility index (Phi) is 3.65. The van der Waals surface area contributed by atoms with Crippen molar-refractivity contribution < 1.29 is 4.39 Å². The van der Waals surface area contributed by atoms with Gasteiger partial charge in [-0.3, -0.25) is 4.90 Å². The Balaban J connectivity index is 1.79. The zero-order valence-corrected chi connectivity index (χ0v) is 11.3. The molecule has 0 unspecified atom stereocenters. The second-order valence-corrected chi connectivity index (χ2v) is 5.23. The fourth-order valence-corrected chi connectivity index (χ4v) is 2.88. The highest BCUT2D eigenvalue weighted by molar-refractivity contribution is 5.38. The number of likely N-dealkylation sites (tertiary alicyclic amines) is 1. The Morgan fingerprint density at radius 2 is 2.05 bits per heavy atom. The number of benzene rings is 1. The van der Waals surface area contributed by atoms with E-state index in [0.29, 0.717) is 11.9 Å². The molecular formula is C16H18FN3. The van der Waals surface area contributed by atoms with Crippen LogP contribution >= 0.6 is 0 Å². The maximum absolute atomic E-state index is 13.0. The SMILES string of the molecule is Nc1ncccc1CN1CCC[C@H]1c1ccc(F)cc1. The first-order valence-electron chi connectivity index (χ1n) is 6.93. The lowest BCUT2D eigenvalue weighted by atomic mass is 10.0. The van der Waals surface area contributed by atoms with Gasteiger partial charge in [-0.1, -0.05) is 18.2 Å². The Hall–Kier alpha value is -1.94. The second kappa shape index (κ2) is 5.59. The molecule has 0 saturated carbocycles. The average Bonchev–Trinajstić information content (AvgIpc) is 2.90. The molecule has 20 heavy (non-hydrogen) atoms. The molecular weight excluding hydrogens is 253 g/mol. The molecule has 0 aliphatic carbocycles. The number of pyridine rings is 1. The number of hydrogen-bond donors (Lipinski definition) is 1. The van der Waals surface area contributed by atoms with Crippen molar-refractivity contribution in [1.29, 1.82) is 0 Å². The monoisotopic (exact) mass is 271 g/mol. The normalized spacial score (nSPS) is 19.4. The Morgan fingerprint density at radius 3 is 2.80 bits per heavy atom. The van der Waals surface area contributed by atoms with E-state index >= 15 is 0 Å². The molecule has 0 radical (unpaired) electrons. The van der Waals surface area contributed by atoms with E-state index in [4.69, 9.17) is 5.73 Å². The van der Waals surface area contributed by atoms with Gasteiger partial charge >= 0.3 is 0 Å². The molecule has 3 nitrogen and oxygen atoms in total. The van der Waals surface area contributed by atoms with Crippen molar-refractivity contribution in [2.75, 3.05) is 12.3 Å². The number of nitrogens with zero attached hydrogens (tertiary/aromatic N) is 2. The van der Waals surface area contributed by atoms with Gasteiger partial charge in [-0.2, -0.15) is 0 Å². The minimum Gasteiger partial charge on any atom is -0.383 e. The molecule has 0 spiro atoms. The summed E-state index contributed by atoms with van der Waals surface area (Å²) in [7, 11) is 0. The van der Waals surface area contributed by atoms with Crippen LogP contribution in [-0.4, -0.2) is 16.4 Å². The summed E-state index contributed by atoms with van der Waals surface area (Å²) in [5, 5.41) is 0. The molecule has 2 heterocycles. The lowest BCUT2D eigenvalue weighted by Gasteiger charge is -2.25. The van der Waals surface area contributed by atoms with E-state index in [-0.39, 0.29) is 5.82 Å². The van der Waals surface area contributed by atoms with Crippen LogP contribution in [0.1, 0.15) is 30.0 Å². The molecule has 1 saturated heterocycles. The highest BCUT2D eigenvalue weighted by Crippen LogP contribution is 2.33. The standard InChI is InChI=1S/C16H18FN3/c17-14-7-5-12(6-8-14)15-4-2-10-20(15)11-13-3-1-9-19-16(13)18/h1,3,5-9,15H,2,4,10-11H2,(H2,18,19)/t15-/m0/s1. The molecule has 1 aromatic carbocycles. The predicted molar refractivity (Wildman–Crippen MR) is 77.4 cm³/mol. The van der Waals surface area contributed by atoms with Gasteiger partial charge in [0.05, 0.1) is 0 Å².